The molecule has 0 aliphatic rings. The molecule has 14 heavy (non-hydrogen) atoms. The van der Waals surface area contributed by atoms with Crippen molar-refractivity contribution in [2.75, 3.05) is 6.61 Å². The molecule has 0 saturated carbocycles. The Hall–Kier alpha value is -0.380. The number of carbonyl (C=O) groups is 1. The van der Waals surface area contributed by atoms with Crippen LogP contribution in [0, 0.1) is 6.57 Å². The average Bonchev–Trinajstić information content (AvgIpc) is 2.42. The van der Waals surface area contributed by atoms with Gasteiger partial charge in [-0.25, -0.2) is 9.64 Å². The average molecular weight is 339 g/mol. The summed E-state index contributed by atoms with van der Waals surface area (Å²) in [7, 11) is 0. The summed E-state index contributed by atoms with van der Waals surface area (Å²) in [5, 5.41) is 0. The summed E-state index contributed by atoms with van der Waals surface area (Å²) in [6, 6.07) is 0. The first kappa shape index (κ1) is 11.7. The summed E-state index contributed by atoms with van der Waals surface area (Å²) in [4.78, 5) is 15.1. The molecule has 0 aliphatic carbocycles. The summed E-state index contributed by atoms with van der Waals surface area (Å²) in [5.41, 5.74) is 0.415. The van der Waals surface area contributed by atoms with E-state index in [0.717, 1.165) is 0 Å². The number of hydrogen-bond acceptors (Lipinski definition) is 3. The summed E-state index contributed by atoms with van der Waals surface area (Å²) < 4.78 is 5.98. The van der Waals surface area contributed by atoms with Crippen molar-refractivity contribution in [3.8, 4) is 0 Å². The van der Waals surface area contributed by atoms with Crippen molar-refractivity contribution in [2.24, 2.45) is 0 Å². The molecule has 74 valence electrons. The van der Waals surface area contributed by atoms with E-state index in [-0.39, 0.29) is 0 Å². The lowest BCUT2D eigenvalue weighted by Crippen LogP contribution is -2.02. The predicted molar refractivity (Wildman–Crippen MR) is 61.9 cm³/mol. The van der Waals surface area contributed by atoms with Crippen LogP contribution in [0.15, 0.2) is 8.26 Å². The predicted octanol–water partition coefficient (Wildman–Crippen LogP) is 4.00. The van der Waals surface area contributed by atoms with Crippen LogP contribution in [0.5, 0.6) is 0 Å². The first-order valence-corrected chi connectivity index (χ1v) is 6.04. The van der Waals surface area contributed by atoms with Crippen LogP contribution in [0.3, 0.4) is 0 Å². The molecule has 0 aromatic carbocycles. The number of hydrogen-bond donors (Lipinski definition) is 0. The van der Waals surface area contributed by atoms with E-state index in [9.17, 15) is 4.79 Å². The van der Waals surface area contributed by atoms with Crippen molar-refractivity contribution >= 4 is 54.9 Å². The van der Waals surface area contributed by atoms with Crippen molar-refractivity contribution in [1.29, 1.82) is 0 Å². The van der Waals surface area contributed by atoms with Gasteiger partial charge in [-0.15, -0.1) is 11.3 Å². The molecule has 1 aromatic rings. The third kappa shape index (κ3) is 2.16. The van der Waals surface area contributed by atoms with E-state index in [0.29, 0.717) is 25.4 Å². The highest BCUT2D eigenvalue weighted by Crippen LogP contribution is 2.43. The van der Waals surface area contributed by atoms with Gasteiger partial charge >= 0.3 is 5.97 Å². The molecule has 0 unspecified atom stereocenters. The quantitative estimate of drug-likeness (QED) is 0.602. The van der Waals surface area contributed by atoms with Crippen molar-refractivity contribution < 1.29 is 9.53 Å². The van der Waals surface area contributed by atoms with Gasteiger partial charge in [0.05, 0.1) is 21.4 Å². The summed E-state index contributed by atoms with van der Waals surface area (Å²) >= 11 is 7.61. The zero-order valence-electron chi connectivity index (χ0n) is 7.13. The number of esters is 1. The van der Waals surface area contributed by atoms with Gasteiger partial charge in [-0.3, -0.25) is 0 Å². The van der Waals surface area contributed by atoms with Crippen LogP contribution in [0.4, 0.5) is 5.69 Å². The zero-order chi connectivity index (χ0) is 10.7. The van der Waals surface area contributed by atoms with Crippen LogP contribution >= 0.6 is 43.2 Å². The molecule has 6 heteroatoms. The minimum absolute atomic E-state index is 0.328. The van der Waals surface area contributed by atoms with Gasteiger partial charge in [-0.2, -0.15) is 0 Å². The molecule has 0 fully saturated rings. The highest BCUT2D eigenvalue weighted by atomic mass is 79.9. The van der Waals surface area contributed by atoms with Crippen molar-refractivity contribution in [1.82, 2.24) is 0 Å². The van der Waals surface area contributed by atoms with Gasteiger partial charge in [-0.1, -0.05) is 31.9 Å². The highest BCUT2D eigenvalue weighted by molar-refractivity contribution is 9.11. The van der Waals surface area contributed by atoms with Crippen LogP contribution < -0.4 is 0 Å². The fourth-order valence-electron chi connectivity index (χ4n) is 0.798. The molecule has 0 amide bonds. The monoisotopic (exact) mass is 337 g/mol. The first-order valence-electron chi connectivity index (χ1n) is 3.64. The SMILES string of the molecule is [C-]#[N+]c1c(Br)sc(C(=O)OCC)c1Br. The Kier molecular flexibility index (Phi) is 4.11. The molecule has 0 saturated heterocycles. The number of halogens is 2. The molecule has 3 nitrogen and oxygen atoms in total. The molecule has 0 N–H and O–H groups in total. The number of thiophene rings is 1. The van der Waals surface area contributed by atoms with Gasteiger partial charge < -0.3 is 4.74 Å². The Labute approximate surface area is 102 Å². The van der Waals surface area contributed by atoms with Gasteiger partial charge in [-0.05, 0) is 6.92 Å². The Morgan fingerprint density at radius 3 is 2.71 bits per heavy atom. The van der Waals surface area contributed by atoms with Crippen LogP contribution in [-0.2, 0) is 4.74 Å². The number of ether oxygens (including phenoxy) is 1. The largest absolute Gasteiger partial charge is 0.462 e. The lowest BCUT2D eigenvalue weighted by molar-refractivity contribution is 0.0531. The van der Waals surface area contributed by atoms with Crippen molar-refractivity contribution in [2.45, 2.75) is 6.92 Å². The second kappa shape index (κ2) is 4.91. The van der Waals surface area contributed by atoms with Gasteiger partial charge in [0, 0.05) is 0 Å². The summed E-state index contributed by atoms with van der Waals surface area (Å²) in [5.74, 6) is -0.403. The molecule has 0 radical (unpaired) electrons. The van der Waals surface area contributed by atoms with E-state index in [4.69, 9.17) is 11.3 Å². The molecule has 1 aromatic heterocycles. The third-order valence-electron chi connectivity index (χ3n) is 1.36. The summed E-state index contributed by atoms with van der Waals surface area (Å²) in [6.07, 6.45) is 0. The molecule has 0 atom stereocenters. The lowest BCUT2D eigenvalue weighted by Gasteiger charge is -1.98. The van der Waals surface area contributed by atoms with Gasteiger partial charge in [0.15, 0.2) is 0 Å². The number of rotatable bonds is 2. The minimum Gasteiger partial charge on any atom is -0.462 e. The number of nitrogens with zero attached hydrogens (tertiary/aromatic N) is 1. The Balaban J connectivity index is 3.13. The second-order valence-electron chi connectivity index (χ2n) is 2.20. The van der Waals surface area contributed by atoms with Crippen LogP contribution in [-0.4, -0.2) is 12.6 Å². The van der Waals surface area contributed by atoms with E-state index in [2.05, 4.69) is 36.7 Å². The third-order valence-corrected chi connectivity index (χ3v) is 4.20. The maximum absolute atomic E-state index is 11.4. The lowest BCUT2D eigenvalue weighted by atomic mass is 10.4. The van der Waals surface area contributed by atoms with E-state index in [1.807, 2.05) is 0 Å². The topological polar surface area (TPSA) is 30.7 Å². The molecule has 0 aliphatic heterocycles. The van der Waals surface area contributed by atoms with Crippen LogP contribution in [0.2, 0.25) is 0 Å². The van der Waals surface area contributed by atoms with E-state index < -0.39 is 5.97 Å². The Morgan fingerprint density at radius 1 is 1.64 bits per heavy atom. The second-order valence-corrected chi connectivity index (χ2v) is 5.33. The maximum atomic E-state index is 11.4. The van der Waals surface area contributed by atoms with Gasteiger partial charge in [0.2, 0.25) is 5.69 Å². The molecule has 0 bridgehead atoms. The highest BCUT2D eigenvalue weighted by Gasteiger charge is 2.20. The number of carbonyl (C=O) groups excluding carboxylic acids is 1. The van der Waals surface area contributed by atoms with Crippen LogP contribution in [0.1, 0.15) is 16.6 Å². The standard InChI is InChI=1S/C8H5Br2NO2S/c1-3-13-8(12)6-4(9)5(11-2)7(10)14-6/h3H2,1H3. The fraction of sp³-hybridized carbons (Fsp3) is 0.250. The Bertz CT molecular complexity index is 408. The van der Waals surface area contributed by atoms with Crippen LogP contribution in [0.25, 0.3) is 4.85 Å². The van der Waals surface area contributed by atoms with Gasteiger partial charge in [0.25, 0.3) is 0 Å². The van der Waals surface area contributed by atoms with E-state index in [1.165, 1.54) is 11.3 Å². The first-order chi connectivity index (χ1) is 6.61. The van der Waals surface area contributed by atoms with E-state index in [1.54, 1.807) is 6.92 Å². The molecule has 0 spiro atoms. The maximum Gasteiger partial charge on any atom is 0.348 e. The van der Waals surface area contributed by atoms with Crippen molar-refractivity contribution in [3.63, 3.8) is 0 Å². The normalized spacial score (nSPS) is 9.57. The Morgan fingerprint density at radius 2 is 2.29 bits per heavy atom. The molecular formula is C8H5Br2NO2S. The zero-order valence-corrected chi connectivity index (χ0v) is 11.1. The van der Waals surface area contributed by atoms with Gasteiger partial charge in [0.1, 0.15) is 4.88 Å². The smallest absolute Gasteiger partial charge is 0.348 e. The van der Waals surface area contributed by atoms with Crippen molar-refractivity contribution in [3.05, 3.63) is 24.6 Å². The minimum atomic E-state index is -0.403. The fourth-order valence-corrected chi connectivity index (χ4v) is 3.41. The molecular weight excluding hydrogens is 334 g/mol. The van der Waals surface area contributed by atoms with E-state index >= 15 is 0 Å². The summed E-state index contributed by atoms with van der Waals surface area (Å²) in [6.45, 7) is 8.97. The molecule has 1 rings (SSSR count). The molecule has 1 heterocycles.